The molecule has 1 heterocycles. The summed E-state index contributed by atoms with van der Waals surface area (Å²) in [6, 6.07) is 82.8. The van der Waals surface area contributed by atoms with Gasteiger partial charge in [0.15, 0.2) is 5.58 Å². The predicted molar refractivity (Wildman–Crippen MR) is 273 cm³/mol. The van der Waals surface area contributed by atoms with E-state index >= 15 is 0 Å². The monoisotopic (exact) mass is 841 g/mol. The van der Waals surface area contributed by atoms with E-state index in [4.69, 9.17) is 4.42 Å². The minimum absolute atomic E-state index is 0.199. The van der Waals surface area contributed by atoms with E-state index in [1.165, 1.54) is 77.9 Å². The van der Waals surface area contributed by atoms with Crippen LogP contribution in [0.15, 0.2) is 229 Å². The van der Waals surface area contributed by atoms with Crippen molar-refractivity contribution < 1.29 is 4.42 Å². The second-order valence-electron chi connectivity index (χ2n) is 18.7. The van der Waals surface area contributed by atoms with Crippen LogP contribution in [0, 0.1) is 0 Å². The Labute approximate surface area is 384 Å². The van der Waals surface area contributed by atoms with Gasteiger partial charge in [-0.1, -0.05) is 202 Å². The van der Waals surface area contributed by atoms with Crippen molar-refractivity contribution in [1.82, 2.24) is 0 Å². The molecule has 11 aromatic rings. The van der Waals surface area contributed by atoms with Crippen LogP contribution < -0.4 is 4.90 Å². The van der Waals surface area contributed by atoms with E-state index in [0.29, 0.717) is 0 Å². The molecule has 66 heavy (non-hydrogen) atoms. The molecule has 310 valence electrons. The lowest BCUT2D eigenvalue weighted by atomic mass is 9.70. The number of rotatable bonds is 5. The highest BCUT2D eigenvalue weighted by Gasteiger charge is 2.53. The third kappa shape index (κ3) is 4.91. The largest absolute Gasteiger partial charge is 0.454 e. The van der Waals surface area contributed by atoms with Gasteiger partial charge < -0.3 is 9.32 Å². The molecule has 2 nitrogen and oxygen atoms in total. The predicted octanol–water partition coefficient (Wildman–Crippen LogP) is 17.0. The maximum Gasteiger partial charge on any atom is 0.159 e. The van der Waals surface area contributed by atoms with Gasteiger partial charge in [-0.3, -0.25) is 0 Å². The van der Waals surface area contributed by atoms with Crippen LogP contribution in [0.5, 0.6) is 0 Å². The van der Waals surface area contributed by atoms with Crippen molar-refractivity contribution in [2.24, 2.45) is 0 Å². The molecule has 0 unspecified atom stereocenters. The third-order valence-electron chi connectivity index (χ3n) is 15.1. The van der Waals surface area contributed by atoms with Gasteiger partial charge in [-0.2, -0.15) is 0 Å². The minimum Gasteiger partial charge on any atom is -0.454 e. The van der Waals surface area contributed by atoms with Crippen molar-refractivity contribution in [2.75, 3.05) is 4.90 Å². The number of benzene rings is 10. The quantitative estimate of drug-likeness (QED) is 0.172. The fourth-order valence-corrected chi connectivity index (χ4v) is 12.2. The molecule has 0 aliphatic heterocycles. The Morgan fingerprint density at radius 2 is 0.894 bits per heavy atom. The first-order chi connectivity index (χ1) is 32.5. The van der Waals surface area contributed by atoms with Gasteiger partial charge in [0.2, 0.25) is 0 Å². The first-order valence-corrected chi connectivity index (χ1v) is 23.1. The summed E-state index contributed by atoms with van der Waals surface area (Å²) in [4.78, 5) is 2.37. The standard InChI is InChI=1S/C64H43NO/c1-63(2)54-37-38-55-61(49-23-8-13-27-53(49)64(55)51-25-11-6-20-45(51)46-21-7-12-26-52(46)64)60(54)50-36-33-42(39-56(50)63)40-31-34-43(35-32-40)65(57-28-14-9-19-44(57)41-17-4-3-5-18-41)58-29-16-24-48-47-22-10-15-30-59(47)66-62(48)58/h3-39H,1-2H3. The molecule has 0 N–H and O–H groups in total. The van der Waals surface area contributed by atoms with Crippen LogP contribution in [-0.2, 0) is 10.8 Å². The van der Waals surface area contributed by atoms with Crippen LogP contribution in [0.25, 0.3) is 77.6 Å². The average molecular weight is 842 g/mol. The smallest absolute Gasteiger partial charge is 0.159 e. The number of para-hydroxylation sites is 3. The Bertz CT molecular complexity index is 3750. The van der Waals surface area contributed by atoms with Gasteiger partial charge in [-0.15, -0.1) is 0 Å². The fourth-order valence-electron chi connectivity index (χ4n) is 12.2. The zero-order valence-electron chi connectivity index (χ0n) is 36.7. The second kappa shape index (κ2) is 13.7. The van der Waals surface area contributed by atoms with E-state index in [9.17, 15) is 0 Å². The molecule has 0 atom stereocenters. The molecule has 0 radical (unpaired) electrons. The molecular weight excluding hydrogens is 799 g/mol. The van der Waals surface area contributed by atoms with Gasteiger partial charge in [-0.25, -0.2) is 0 Å². The Kier molecular flexibility index (Phi) is 7.70. The first kappa shape index (κ1) is 37.2. The number of hydrogen-bond donors (Lipinski definition) is 0. The molecule has 2 heteroatoms. The zero-order valence-corrected chi connectivity index (χ0v) is 36.7. The highest BCUT2D eigenvalue weighted by atomic mass is 16.3. The maximum absolute atomic E-state index is 6.70. The molecule has 0 saturated heterocycles. The molecule has 14 rings (SSSR count). The highest BCUT2D eigenvalue weighted by molar-refractivity contribution is 6.11. The Morgan fingerprint density at radius 1 is 0.348 bits per heavy atom. The van der Waals surface area contributed by atoms with Crippen LogP contribution in [0.2, 0.25) is 0 Å². The van der Waals surface area contributed by atoms with Gasteiger partial charge >= 0.3 is 0 Å². The number of nitrogens with zero attached hydrogens (tertiary/aromatic N) is 1. The van der Waals surface area contributed by atoms with Crippen LogP contribution >= 0.6 is 0 Å². The maximum atomic E-state index is 6.70. The molecule has 0 saturated carbocycles. The van der Waals surface area contributed by atoms with Crippen molar-refractivity contribution in [2.45, 2.75) is 24.7 Å². The molecule has 1 spiro atoms. The molecule has 3 aliphatic rings. The first-order valence-electron chi connectivity index (χ1n) is 23.1. The van der Waals surface area contributed by atoms with E-state index < -0.39 is 0 Å². The lowest BCUT2D eigenvalue weighted by molar-refractivity contribution is 0.660. The summed E-state index contributed by atoms with van der Waals surface area (Å²) in [5, 5.41) is 2.22. The van der Waals surface area contributed by atoms with E-state index in [0.717, 1.165) is 50.1 Å². The van der Waals surface area contributed by atoms with E-state index in [1.54, 1.807) is 0 Å². The Balaban J connectivity index is 0.912. The van der Waals surface area contributed by atoms with Gasteiger partial charge in [0.05, 0.1) is 16.8 Å². The Hall–Kier alpha value is -8.20. The third-order valence-corrected chi connectivity index (χ3v) is 15.1. The number of furan rings is 1. The van der Waals surface area contributed by atoms with E-state index in [-0.39, 0.29) is 10.8 Å². The zero-order chi connectivity index (χ0) is 43.7. The van der Waals surface area contributed by atoms with Gasteiger partial charge in [-0.05, 0) is 120 Å². The van der Waals surface area contributed by atoms with E-state index in [1.807, 2.05) is 6.07 Å². The number of fused-ring (bicyclic) bond motifs is 17. The van der Waals surface area contributed by atoms with Gasteiger partial charge in [0.25, 0.3) is 0 Å². The lowest BCUT2D eigenvalue weighted by Crippen LogP contribution is -2.26. The van der Waals surface area contributed by atoms with Crippen molar-refractivity contribution >= 4 is 39.0 Å². The van der Waals surface area contributed by atoms with Crippen LogP contribution in [0.1, 0.15) is 47.2 Å². The summed E-state index contributed by atoms with van der Waals surface area (Å²) in [5.41, 5.74) is 25.4. The molecule has 0 fully saturated rings. The number of anilines is 3. The summed E-state index contributed by atoms with van der Waals surface area (Å²) in [6.07, 6.45) is 0. The molecule has 3 aliphatic carbocycles. The van der Waals surface area contributed by atoms with Gasteiger partial charge in [0.1, 0.15) is 5.58 Å². The highest BCUT2D eigenvalue weighted by Crippen LogP contribution is 2.66. The van der Waals surface area contributed by atoms with Crippen molar-refractivity contribution in [3.05, 3.63) is 258 Å². The van der Waals surface area contributed by atoms with Crippen LogP contribution in [0.3, 0.4) is 0 Å². The van der Waals surface area contributed by atoms with Crippen LogP contribution in [-0.4, -0.2) is 0 Å². The topological polar surface area (TPSA) is 16.4 Å². The lowest BCUT2D eigenvalue weighted by Gasteiger charge is -2.31. The van der Waals surface area contributed by atoms with Crippen molar-refractivity contribution in [1.29, 1.82) is 0 Å². The number of hydrogen-bond acceptors (Lipinski definition) is 2. The minimum atomic E-state index is -0.367. The van der Waals surface area contributed by atoms with Crippen LogP contribution in [0.4, 0.5) is 17.1 Å². The molecule has 0 amide bonds. The molecule has 0 bridgehead atoms. The normalized spacial score (nSPS) is 14.2. The second-order valence-corrected chi connectivity index (χ2v) is 18.7. The summed E-state index contributed by atoms with van der Waals surface area (Å²) in [7, 11) is 0. The summed E-state index contributed by atoms with van der Waals surface area (Å²) < 4.78 is 6.70. The van der Waals surface area contributed by atoms with Crippen molar-refractivity contribution in [3.8, 4) is 55.6 Å². The summed E-state index contributed by atoms with van der Waals surface area (Å²) in [6.45, 7) is 4.82. The SMILES string of the molecule is CC1(C)c2cc(-c3ccc(N(c4ccccc4-c4ccccc4)c4cccc5c4oc4ccccc45)cc3)ccc2-c2c1ccc1c2-c2ccccc2C12c1ccccc1-c1ccccc12. The molecular formula is C64H43NO. The van der Waals surface area contributed by atoms with Crippen molar-refractivity contribution in [3.63, 3.8) is 0 Å². The average Bonchev–Trinajstić information content (AvgIpc) is 4.07. The molecule has 1 aromatic heterocycles. The Morgan fingerprint density at radius 3 is 1.65 bits per heavy atom. The summed E-state index contributed by atoms with van der Waals surface area (Å²) >= 11 is 0. The fraction of sp³-hybridized carbons (Fsp3) is 0.0625. The van der Waals surface area contributed by atoms with E-state index in [2.05, 4.69) is 237 Å². The summed E-state index contributed by atoms with van der Waals surface area (Å²) in [5.74, 6) is 0. The van der Waals surface area contributed by atoms with Gasteiger partial charge in [0, 0.05) is 27.4 Å². The molecule has 10 aromatic carbocycles.